The minimum absolute atomic E-state index is 0.0827. The number of nitrogens with zero attached hydrogens (tertiary/aromatic N) is 1. The lowest BCUT2D eigenvalue weighted by Gasteiger charge is -2.18. The van der Waals surface area contributed by atoms with Crippen LogP contribution in [-0.2, 0) is 4.79 Å². The van der Waals surface area contributed by atoms with Gasteiger partial charge in [-0.15, -0.1) is 0 Å². The molecule has 0 aliphatic heterocycles. The SMILES string of the molecule is CC(C)(C)C(=O)Nc1cccc(NC(=O)c2ccccn2)c1. The van der Waals surface area contributed by atoms with E-state index < -0.39 is 5.41 Å². The Bertz CT molecular complexity index is 676. The zero-order valence-electron chi connectivity index (χ0n) is 12.9. The number of benzene rings is 1. The lowest BCUT2D eigenvalue weighted by atomic mass is 9.95. The average molecular weight is 297 g/mol. The fraction of sp³-hybridized carbons (Fsp3) is 0.235. The van der Waals surface area contributed by atoms with Crippen molar-refractivity contribution in [3.63, 3.8) is 0 Å². The summed E-state index contributed by atoms with van der Waals surface area (Å²) in [5, 5.41) is 5.59. The molecule has 5 nitrogen and oxygen atoms in total. The van der Waals surface area contributed by atoms with E-state index in [4.69, 9.17) is 0 Å². The molecule has 0 aliphatic carbocycles. The van der Waals surface area contributed by atoms with Crippen molar-refractivity contribution < 1.29 is 9.59 Å². The summed E-state index contributed by atoms with van der Waals surface area (Å²) in [6.45, 7) is 5.53. The van der Waals surface area contributed by atoms with Crippen molar-refractivity contribution in [2.75, 3.05) is 10.6 Å². The first-order chi connectivity index (χ1) is 10.4. The van der Waals surface area contributed by atoms with Crippen LogP contribution in [0.15, 0.2) is 48.7 Å². The number of nitrogens with one attached hydrogen (secondary N) is 2. The highest BCUT2D eigenvalue weighted by atomic mass is 16.2. The van der Waals surface area contributed by atoms with E-state index in [1.54, 1.807) is 48.7 Å². The molecule has 0 radical (unpaired) electrons. The van der Waals surface area contributed by atoms with Gasteiger partial charge in [-0.25, -0.2) is 0 Å². The fourth-order valence-electron chi connectivity index (χ4n) is 1.69. The third-order valence-corrected chi connectivity index (χ3v) is 2.96. The lowest BCUT2D eigenvalue weighted by molar-refractivity contribution is -0.123. The smallest absolute Gasteiger partial charge is 0.274 e. The predicted octanol–water partition coefficient (Wildman–Crippen LogP) is 3.32. The molecule has 22 heavy (non-hydrogen) atoms. The first kappa shape index (κ1) is 15.7. The van der Waals surface area contributed by atoms with E-state index in [9.17, 15) is 9.59 Å². The molecule has 2 N–H and O–H groups in total. The minimum atomic E-state index is -0.479. The van der Waals surface area contributed by atoms with Crippen molar-refractivity contribution in [2.24, 2.45) is 5.41 Å². The molecule has 2 amide bonds. The van der Waals surface area contributed by atoms with Gasteiger partial charge in [0.2, 0.25) is 5.91 Å². The molecule has 1 aromatic heterocycles. The monoisotopic (exact) mass is 297 g/mol. The highest BCUT2D eigenvalue weighted by Crippen LogP contribution is 2.20. The van der Waals surface area contributed by atoms with Gasteiger partial charge in [0.15, 0.2) is 0 Å². The second kappa shape index (κ2) is 6.39. The number of aromatic nitrogens is 1. The van der Waals surface area contributed by atoms with Crippen molar-refractivity contribution >= 4 is 23.2 Å². The molecule has 1 heterocycles. The van der Waals surface area contributed by atoms with Crippen LogP contribution < -0.4 is 10.6 Å². The molecule has 2 rings (SSSR count). The maximum atomic E-state index is 12.0. The summed E-state index contributed by atoms with van der Waals surface area (Å²) in [6.07, 6.45) is 1.56. The number of hydrogen-bond donors (Lipinski definition) is 2. The molecule has 2 aromatic rings. The largest absolute Gasteiger partial charge is 0.326 e. The van der Waals surface area contributed by atoms with Crippen LogP contribution in [0.25, 0.3) is 0 Å². The van der Waals surface area contributed by atoms with E-state index >= 15 is 0 Å². The standard InChI is InChI=1S/C17H19N3O2/c1-17(2,3)16(22)20-13-8-6-7-12(11-13)19-15(21)14-9-4-5-10-18-14/h4-11H,1-3H3,(H,19,21)(H,20,22). The minimum Gasteiger partial charge on any atom is -0.326 e. The Labute approximate surface area is 129 Å². The Hall–Kier alpha value is -2.69. The maximum absolute atomic E-state index is 12.0. The molecule has 1 aromatic carbocycles. The lowest BCUT2D eigenvalue weighted by Crippen LogP contribution is -2.27. The Morgan fingerprint density at radius 3 is 2.23 bits per heavy atom. The maximum Gasteiger partial charge on any atom is 0.274 e. The normalized spacial score (nSPS) is 10.9. The number of amides is 2. The van der Waals surface area contributed by atoms with Crippen LogP contribution in [0.1, 0.15) is 31.3 Å². The summed E-state index contributed by atoms with van der Waals surface area (Å²) >= 11 is 0. The van der Waals surface area contributed by atoms with E-state index in [1.165, 1.54) is 0 Å². The van der Waals surface area contributed by atoms with Gasteiger partial charge in [-0.2, -0.15) is 0 Å². The third-order valence-electron chi connectivity index (χ3n) is 2.96. The van der Waals surface area contributed by atoms with Crippen LogP contribution in [0.3, 0.4) is 0 Å². The summed E-state index contributed by atoms with van der Waals surface area (Å²) < 4.78 is 0. The molecule has 0 atom stereocenters. The van der Waals surface area contributed by atoms with E-state index in [-0.39, 0.29) is 11.8 Å². The van der Waals surface area contributed by atoms with Gasteiger partial charge in [-0.3, -0.25) is 14.6 Å². The van der Waals surface area contributed by atoms with Gasteiger partial charge < -0.3 is 10.6 Å². The van der Waals surface area contributed by atoms with Gasteiger partial charge in [0.05, 0.1) is 0 Å². The predicted molar refractivity (Wildman–Crippen MR) is 86.7 cm³/mol. The number of pyridine rings is 1. The van der Waals surface area contributed by atoms with Crippen LogP contribution >= 0.6 is 0 Å². The van der Waals surface area contributed by atoms with Gasteiger partial charge in [0.25, 0.3) is 5.91 Å². The zero-order valence-corrected chi connectivity index (χ0v) is 12.9. The average Bonchev–Trinajstić information content (AvgIpc) is 2.47. The van der Waals surface area contributed by atoms with Crippen LogP contribution in [0.2, 0.25) is 0 Å². The highest BCUT2D eigenvalue weighted by Gasteiger charge is 2.21. The van der Waals surface area contributed by atoms with Crippen molar-refractivity contribution in [1.29, 1.82) is 0 Å². The number of carbonyl (C=O) groups is 2. The van der Waals surface area contributed by atoms with E-state index in [2.05, 4.69) is 15.6 Å². The Morgan fingerprint density at radius 2 is 1.64 bits per heavy atom. The number of carbonyl (C=O) groups excluding carboxylic acids is 2. The zero-order chi connectivity index (χ0) is 16.2. The Morgan fingerprint density at radius 1 is 0.955 bits per heavy atom. The number of anilines is 2. The Kier molecular flexibility index (Phi) is 4.56. The molecular weight excluding hydrogens is 278 g/mol. The molecule has 0 unspecified atom stereocenters. The summed E-state index contributed by atoms with van der Waals surface area (Å²) in [6, 6.07) is 12.2. The molecule has 0 saturated carbocycles. The van der Waals surface area contributed by atoms with Gasteiger partial charge in [-0.1, -0.05) is 32.9 Å². The summed E-state index contributed by atoms with van der Waals surface area (Å²) in [5.74, 6) is -0.374. The summed E-state index contributed by atoms with van der Waals surface area (Å²) in [5.41, 5.74) is 1.10. The van der Waals surface area contributed by atoms with Gasteiger partial charge in [-0.05, 0) is 30.3 Å². The van der Waals surface area contributed by atoms with Crippen LogP contribution in [-0.4, -0.2) is 16.8 Å². The number of rotatable bonds is 3. The van der Waals surface area contributed by atoms with Gasteiger partial charge in [0, 0.05) is 23.0 Å². The molecular formula is C17H19N3O2. The molecule has 0 bridgehead atoms. The van der Waals surface area contributed by atoms with E-state index in [0.717, 1.165) is 0 Å². The number of hydrogen-bond acceptors (Lipinski definition) is 3. The molecule has 0 fully saturated rings. The fourth-order valence-corrected chi connectivity index (χ4v) is 1.69. The van der Waals surface area contributed by atoms with Crippen LogP contribution in [0.5, 0.6) is 0 Å². The van der Waals surface area contributed by atoms with E-state index in [1.807, 2.05) is 20.8 Å². The summed E-state index contributed by atoms with van der Waals surface area (Å²) in [7, 11) is 0. The van der Waals surface area contributed by atoms with Gasteiger partial charge in [0.1, 0.15) is 5.69 Å². The topological polar surface area (TPSA) is 71.1 Å². The van der Waals surface area contributed by atoms with Crippen LogP contribution in [0.4, 0.5) is 11.4 Å². The first-order valence-electron chi connectivity index (χ1n) is 7.00. The van der Waals surface area contributed by atoms with Crippen molar-refractivity contribution in [3.8, 4) is 0 Å². The van der Waals surface area contributed by atoms with Crippen molar-refractivity contribution in [1.82, 2.24) is 4.98 Å². The second-order valence-corrected chi connectivity index (χ2v) is 5.95. The molecule has 114 valence electrons. The van der Waals surface area contributed by atoms with E-state index in [0.29, 0.717) is 17.1 Å². The molecule has 0 saturated heterocycles. The third kappa shape index (κ3) is 4.15. The molecule has 0 aliphatic rings. The van der Waals surface area contributed by atoms with Crippen molar-refractivity contribution in [2.45, 2.75) is 20.8 Å². The Balaban J connectivity index is 2.09. The first-order valence-corrected chi connectivity index (χ1v) is 7.00. The molecule has 5 heteroatoms. The van der Waals surface area contributed by atoms with Gasteiger partial charge >= 0.3 is 0 Å². The van der Waals surface area contributed by atoms with Crippen molar-refractivity contribution in [3.05, 3.63) is 54.4 Å². The second-order valence-electron chi connectivity index (χ2n) is 5.95. The highest BCUT2D eigenvalue weighted by molar-refractivity contribution is 6.03. The summed E-state index contributed by atoms with van der Waals surface area (Å²) in [4.78, 5) is 28.0. The van der Waals surface area contributed by atoms with Crippen LogP contribution in [0, 0.1) is 5.41 Å². The molecule has 0 spiro atoms. The quantitative estimate of drug-likeness (QED) is 0.913.